The van der Waals surface area contributed by atoms with Crippen molar-refractivity contribution in [2.75, 3.05) is 26.2 Å². The average Bonchev–Trinajstić information content (AvgIpc) is 2.53. The zero-order chi connectivity index (χ0) is 12.8. The van der Waals surface area contributed by atoms with E-state index in [0.717, 1.165) is 0 Å². The molecule has 0 bridgehead atoms. The molecule has 0 saturated carbocycles. The van der Waals surface area contributed by atoms with Crippen molar-refractivity contribution in [2.45, 2.75) is 13.3 Å². The van der Waals surface area contributed by atoms with Gasteiger partial charge in [-0.2, -0.15) is 0 Å². The molecule has 1 atom stereocenters. The molecule has 4 amide bonds. The van der Waals surface area contributed by atoms with Gasteiger partial charge in [-0.25, -0.2) is 4.79 Å². The van der Waals surface area contributed by atoms with Gasteiger partial charge in [0.05, 0.1) is 0 Å². The Balaban J connectivity index is 2.25. The third kappa shape index (κ3) is 3.70. The summed E-state index contributed by atoms with van der Waals surface area (Å²) in [5, 5.41) is 5.07. The van der Waals surface area contributed by atoms with Crippen LogP contribution < -0.4 is 16.4 Å². The molecule has 0 aliphatic carbocycles. The average molecular weight is 242 g/mol. The van der Waals surface area contributed by atoms with Crippen molar-refractivity contribution in [1.29, 1.82) is 0 Å². The number of carbonyl (C=O) groups is 3. The van der Waals surface area contributed by atoms with E-state index in [1.165, 1.54) is 4.90 Å². The number of amides is 4. The highest BCUT2D eigenvalue weighted by atomic mass is 16.2. The Bertz CT molecular complexity index is 319. The summed E-state index contributed by atoms with van der Waals surface area (Å²) < 4.78 is 0. The maximum atomic E-state index is 11.5. The molecular formula is C10H18N4O3. The van der Waals surface area contributed by atoms with Gasteiger partial charge in [0.15, 0.2) is 0 Å². The predicted molar refractivity (Wildman–Crippen MR) is 61.0 cm³/mol. The van der Waals surface area contributed by atoms with Gasteiger partial charge < -0.3 is 16.4 Å². The number of nitrogens with two attached hydrogens (primary N) is 1. The first-order valence-corrected chi connectivity index (χ1v) is 5.62. The second-order valence-corrected chi connectivity index (χ2v) is 3.96. The van der Waals surface area contributed by atoms with Crippen LogP contribution in [-0.2, 0) is 9.59 Å². The van der Waals surface area contributed by atoms with Gasteiger partial charge in [-0.1, -0.05) is 6.92 Å². The number of nitrogens with one attached hydrogen (secondary N) is 2. The standard InChI is InChI=1S/C10H18N4O3/c1-7-6-8(15)14(9(7)16)5-4-13-10(17)12-3-2-11/h7H,2-6,11H2,1H3,(H2,12,13,17). The minimum absolute atomic E-state index is 0.167. The Morgan fingerprint density at radius 3 is 2.59 bits per heavy atom. The lowest BCUT2D eigenvalue weighted by Gasteiger charge is -2.14. The van der Waals surface area contributed by atoms with E-state index in [1.807, 2.05) is 0 Å². The van der Waals surface area contributed by atoms with Gasteiger partial charge >= 0.3 is 6.03 Å². The number of hydrogen-bond donors (Lipinski definition) is 3. The quantitative estimate of drug-likeness (QED) is 0.518. The lowest BCUT2D eigenvalue weighted by molar-refractivity contribution is -0.139. The van der Waals surface area contributed by atoms with Crippen LogP contribution in [0.2, 0.25) is 0 Å². The number of hydrogen-bond acceptors (Lipinski definition) is 4. The van der Waals surface area contributed by atoms with E-state index in [1.54, 1.807) is 6.92 Å². The lowest BCUT2D eigenvalue weighted by Crippen LogP contribution is -2.43. The van der Waals surface area contributed by atoms with Crippen molar-refractivity contribution < 1.29 is 14.4 Å². The molecule has 4 N–H and O–H groups in total. The van der Waals surface area contributed by atoms with Gasteiger partial charge in [-0.15, -0.1) is 0 Å². The van der Waals surface area contributed by atoms with Crippen LogP contribution >= 0.6 is 0 Å². The molecule has 1 saturated heterocycles. The van der Waals surface area contributed by atoms with Gasteiger partial charge in [0.2, 0.25) is 11.8 Å². The Kier molecular flexibility index (Phi) is 4.89. The molecule has 0 radical (unpaired) electrons. The smallest absolute Gasteiger partial charge is 0.314 e. The molecule has 1 heterocycles. The van der Waals surface area contributed by atoms with Crippen LogP contribution in [0.5, 0.6) is 0 Å². The van der Waals surface area contributed by atoms with Gasteiger partial charge in [-0.3, -0.25) is 14.5 Å². The minimum Gasteiger partial charge on any atom is -0.337 e. The highest BCUT2D eigenvalue weighted by molar-refractivity contribution is 6.03. The zero-order valence-electron chi connectivity index (χ0n) is 9.86. The zero-order valence-corrected chi connectivity index (χ0v) is 9.86. The second-order valence-electron chi connectivity index (χ2n) is 3.96. The summed E-state index contributed by atoms with van der Waals surface area (Å²) in [4.78, 5) is 35.3. The van der Waals surface area contributed by atoms with E-state index in [4.69, 9.17) is 5.73 Å². The van der Waals surface area contributed by atoms with Crippen molar-refractivity contribution in [1.82, 2.24) is 15.5 Å². The van der Waals surface area contributed by atoms with Gasteiger partial charge in [-0.05, 0) is 0 Å². The van der Waals surface area contributed by atoms with E-state index in [-0.39, 0.29) is 43.3 Å². The van der Waals surface area contributed by atoms with Crippen LogP contribution in [0.25, 0.3) is 0 Å². The van der Waals surface area contributed by atoms with Crippen LogP contribution in [-0.4, -0.2) is 48.9 Å². The Morgan fingerprint density at radius 2 is 2.06 bits per heavy atom. The molecule has 1 rings (SSSR count). The third-order valence-electron chi connectivity index (χ3n) is 2.52. The highest BCUT2D eigenvalue weighted by Crippen LogP contribution is 2.17. The summed E-state index contributed by atoms with van der Waals surface area (Å²) in [7, 11) is 0. The molecule has 1 unspecified atom stereocenters. The largest absolute Gasteiger partial charge is 0.337 e. The van der Waals surface area contributed by atoms with Gasteiger partial charge in [0.25, 0.3) is 0 Å². The molecular weight excluding hydrogens is 224 g/mol. The Labute approximate surface area is 99.7 Å². The number of rotatable bonds is 5. The second kappa shape index (κ2) is 6.19. The van der Waals surface area contributed by atoms with Crippen molar-refractivity contribution in [2.24, 2.45) is 11.7 Å². The first-order valence-electron chi connectivity index (χ1n) is 5.62. The fourth-order valence-corrected chi connectivity index (χ4v) is 1.61. The molecule has 17 heavy (non-hydrogen) atoms. The monoisotopic (exact) mass is 242 g/mol. The summed E-state index contributed by atoms with van der Waals surface area (Å²) in [5.74, 6) is -0.584. The first-order chi connectivity index (χ1) is 8.06. The van der Waals surface area contributed by atoms with Crippen LogP contribution in [0.3, 0.4) is 0 Å². The first kappa shape index (κ1) is 13.4. The molecule has 0 spiro atoms. The molecule has 0 aromatic carbocycles. The van der Waals surface area contributed by atoms with E-state index >= 15 is 0 Å². The summed E-state index contributed by atoms with van der Waals surface area (Å²) in [6.45, 7) is 2.96. The summed E-state index contributed by atoms with van der Waals surface area (Å²) in [6, 6.07) is -0.345. The molecule has 96 valence electrons. The van der Waals surface area contributed by atoms with E-state index in [0.29, 0.717) is 13.1 Å². The van der Waals surface area contributed by atoms with Crippen LogP contribution in [0, 0.1) is 5.92 Å². The fourth-order valence-electron chi connectivity index (χ4n) is 1.61. The molecule has 7 nitrogen and oxygen atoms in total. The van der Waals surface area contributed by atoms with Crippen LogP contribution in [0.4, 0.5) is 4.79 Å². The normalized spacial score (nSPS) is 19.6. The van der Waals surface area contributed by atoms with Crippen LogP contribution in [0.1, 0.15) is 13.3 Å². The number of imide groups is 1. The van der Waals surface area contributed by atoms with E-state index < -0.39 is 0 Å². The maximum absolute atomic E-state index is 11.5. The Morgan fingerprint density at radius 1 is 1.41 bits per heavy atom. The SMILES string of the molecule is CC1CC(=O)N(CCNC(=O)NCCN)C1=O. The maximum Gasteiger partial charge on any atom is 0.314 e. The summed E-state index contributed by atoms with van der Waals surface area (Å²) in [6.07, 6.45) is 0.262. The molecule has 1 aliphatic rings. The lowest BCUT2D eigenvalue weighted by atomic mass is 10.1. The number of urea groups is 1. The van der Waals surface area contributed by atoms with Gasteiger partial charge in [0, 0.05) is 38.5 Å². The predicted octanol–water partition coefficient (Wildman–Crippen LogP) is -1.36. The van der Waals surface area contributed by atoms with E-state index in [9.17, 15) is 14.4 Å². The number of carbonyl (C=O) groups excluding carboxylic acids is 3. The summed E-state index contributed by atoms with van der Waals surface area (Å²) in [5.41, 5.74) is 5.22. The van der Waals surface area contributed by atoms with Crippen molar-refractivity contribution in [3.8, 4) is 0 Å². The number of likely N-dealkylation sites (tertiary alicyclic amines) is 1. The molecule has 0 aromatic heterocycles. The van der Waals surface area contributed by atoms with Gasteiger partial charge in [0.1, 0.15) is 0 Å². The van der Waals surface area contributed by atoms with Crippen LogP contribution in [0.15, 0.2) is 0 Å². The minimum atomic E-state index is -0.345. The molecule has 0 aromatic rings. The molecule has 7 heteroatoms. The third-order valence-corrected chi connectivity index (χ3v) is 2.52. The fraction of sp³-hybridized carbons (Fsp3) is 0.700. The van der Waals surface area contributed by atoms with E-state index in [2.05, 4.69) is 10.6 Å². The summed E-state index contributed by atoms with van der Waals surface area (Å²) >= 11 is 0. The van der Waals surface area contributed by atoms with Crippen molar-refractivity contribution in [3.63, 3.8) is 0 Å². The topological polar surface area (TPSA) is 105 Å². The highest BCUT2D eigenvalue weighted by Gasteiger charge is 2.34. The van der Waals surface area contributed by atoms with Crippen molar-refractivity contribution >= 4 is 17.8 Å². The number of nitrogens with zero attached hydrogens (tertiary/aromatic N) is 1. The van der Waals surface area contributed by atoms with Crippen molar-refractivity contribution in [3.05, 3.63) is 0 Å². The Hall–Kier alpha value is -1.63. The molecule has 1 fully saturated rings. The molecule has 1 aliphatic heterocycles.